The van der Waals surface area contributed by atoms with E-state index in [1.165, 1.54) is 0 Å². The number of fused-ring (bicyclic) bond motifs is 1. The van der Waals surface area contributed by atoms with Gasteiger partial charge in [-0.15, -0.1) is 0 Å². The van der Waals surface area contributed by atoms with Crippen molar-refractivity contribution in [3.63, 3.8) is 0 Å². The minimum atomic E-state index is -2.56. The van der Waals surface area contributed by atoms with Gasteiger partial charge in [0, 0.05) is 53.7 Å². The van der Waals surface area contributed by atoms with Crippen LogP contribution in [0.25, 0.3) is 22.3 Å². The summed E-state index contributed by atoms with van der Waals surface area (Å²) >= 11 is 0. The van der Waals surface area contributed by atoms with Gasteiger partial charge in [-0.1, -0.05) is 29.4 Å². The highest BCUT2D eigenvalue weighted by molar-refractivity contribution is 5.88. The Kier molecular flexibility index (Phi) is 5.29. The molecule has 1 saturated carbocycles. The average Bonchev–Trinajstić information content (AvgIpc) is 3.50. The van der Waals surface area contributed by atoms with Gasteiger partial charge in [0.25, 0.3) is 0 Å². The molecule has 0 unspecified atom stereocenters. The molecule has 1 atom stereocenters. The summed E-state index contributed by atoms with van der Waals surface area (Å²) in [5.41, 5.74) is 4.74. The standard InChI is InChI=1S/C27H28F2N4O3/c1-16-11-22(35-2)20(19-7-9-30-23(16)19)13-33-10-8-26(14-27(28,29)15-26)12-21(33)17-3-5-18(6-4-17)24-31-25(34)36-32-24/h3-7,9,11,21,30H,8,10,12-15H2,1-2H3,(H,31,32,34)/t21-/m1/s1. The first-order valence-corrected chi connectivity index (χ1v) is 12.2. The van der Waals surface area contributed by atoms with Gasteiger partial charge in [-0.3, -0.25) is 14.4 Å². The molecule has 0 radical (unpaired) electrons. The molecule has 1 aliphatic carbocycles. The molecule has 3 heterocycles. The van der Waals surface area contributed by atoms with E-state index in [0.717, 1.165) is 51.9 Å². The second kappa shape index (κ2) is 8.30. The number of hydrogen-bond donors (Lipinski definition) is 2. The summed E-state index contributed by atoms with van der Waals surface area (Å²) in [6.07, 6.45) is 3.28. The Bertz CT molecular complexity index is 1460. The van der Waals surface area contributed by atoms with Crippen LogP contribution in [0, 0.1) is 12.3 Å². The van der Waals surface area contributed by atoms with Crippen LogP contribution in [-0.2, 0) is 6.54 Å². The number of halogens is 2. The van der Waals surface area contributed by atoms with Gasteiger partial charge in [0.15, 0.2) is 5.82 Å². The van der Waals surface area contributed by atoms with E-state index in [2.05, 4.69) is 43.6 Å². The number of nitrogens with one attached hydrogen (secondary N) is 2. The lowest BCUT2D eigenvalue weighted by Crippen LogP contribution is -2.53. The number of methoxy groups -OCH3 is 1. The van der Waals surface area contributed by atoms with Crippen molar-refractivity contribution < 1.29 is 18.0 Å². The number of aromatic nitrogens is 3. The van der Waals surface area contributed by atoms with Crippen LogP contribution in [0.3, 0.4) is 0 Å². The SMILES string of the molecule is COc1cc(C)c2[nH]ccc2c1CN1CCC2(C[C@@H]1c1ccc(-c3noc(=O)[nH]3)cc1)CC(F)(F)C2. The van der Waals surface area contributed by atoms with Crippen molar-refractivity contribution in [2.45, 2.75) is 51.1 Å². The van der Waals surface area contributed by atoms with E-state index in [1.807, 2.05) is 30.5 Å². The predicted octanol–water partition coefficient (Wildman–Crippen LogP) is 5.58. The smallest absolute Gasteiger partial charge is 0.439 e. The Morgan fingerprint density at radius 2 is 2.00 bits per heavy atom. The lowest BCUT2D eigenvalue weighted by Gasteiger charge is -2.54. The summed E-state index contributed by atoms with van der Waals surface area (Å²) in [7, 11) is 1.68. The third-order valence-electron chi connectivity index (χ3n) is 7.97. The van der Waals surface area contributed by atoms with E-state index in [4.69, 9.17) is 4.74 Å². The molecule has 1 saturated heterocycles. The van der Waals surface area contributed by atoms with Crippen molar-refractivity contribution in [1.82, 2.24) is 20.0 Å². The lowest BCUT2D eigenvalue weighted by molar-refractivity contribution is -0.186. The first-order chi connectivity index (χ1) is 17.3. The van der Waals surface area contributed by atoms with Crippen LogP contribution in [0.5, 0.6) is 5.75 Å². The van der Waals surface area contributed by atoms with Gasteiger partial charge in [-0.2, -0.15) is 0 Å². The number of piperidine rings is 1. The number of nitrogens with zero attached hydrogens (tertiary/aromatic N) is 2. The van der Waals surface area contributed by atoms with Crippen LogP contribution < -0.4 is 10.5 Å². The van der Waals surface area contributed by atoms with E-state index in [9.17, 15) is 13.6 Å². The fourth-order valence-corrected chi connectivity index (χ4v) is 6.26. The molecule has 6 rings (SSSR count). The molecule has 7 nitrogen and oxygen atoms in total. The summed E-state index contributed by atoms with van der Waals surface area (Å²) in [6.45, 7) is 3.42. The van der Waals surface area contributed by atoms with E-state index in [1.54, 1.807) is 7.11 Å². The fourth-order valence-electron chi connectivity index (χ4n) is 6.26. The zero-order valence-corrected chi connectivity index (χ0v) is 20.2. The molecule has 0 amide bonds. The third-order valence-corrected chi connectivity index (χ3v) is 7.97. The second-order valence-electron chi connectivity index (χ2n) is 10.4. The number of hydrogen-bond acceptors (Lipinski definition) is 5. The van der Waals surface area contributed by atoms with Crippen LogP contribution in [-0.4, -0.2) is 39.6 Å². The van der Waals surface area contributed by atoms with Crippen molar-refractivity contribution >= 4 is 10.9 Å². The fraction of sp³-hybridized carbons (Fsp3) is 0.407. The Labute approximate surface area is 206 Å². The highest BCUT2D eigenvalue weighted by Crippen LogP contribution is 2.60. The molecule has 1 spiro atoms. The summed E-state index contributed by atoms with van der Waals surface area (Å²) in [6, 6.07) is 11.8. The molecule has 2 aliphatic rings. The van der Waals surface area contributed by atoms with Gasteiger partial charge < -0.3 is 9.72 Å². The number of aromatic amines is 2. The Hall–Kier alpha value is -3.46. The first-order valence-electron chi connectivity index (χ1n) is 12.2. The maximum absolute atomic E-state index is 14.0. The quantitative estimate of drug-likeness (QED) is 0.378. The number of benzene rings is 2. The maximum Gasteiger partial charge on any atom is 0.439 e. The number of ether oxygens (including phenoxy) is 1. The highest BCUT2D eigenvalue weighted by Gasteiger charge is 2.58. The molecular formula is C27H28F2N4O3. The molecule has 2 fully saturated rings. The number of aryl methyl sites for hydroxylation is 1. The third kappa shape index (κ3) is 3.91. The van der Waals surface area contributed by atoms with Crippen molar-refractivity contribution in [1.29, 1.82) is 0 Å². The van der Waals surface area contributed by atoms with E-state index in [-0.39, 0.29) is 24.3 Å². The molecular weight excluding hydrogens is 466 g/mol. The molecule has 0 bridgehead atoms. The Balaban J connectivity index is 1.35. The first kappa shape index (κ1) is 23.0. The highest BCUT2D eigenvalue weighted by atomic mass is 19.3. The molecule has 2 N–H and O–H groups in total. The van der Waals surface area contributed by atoms with Gasteiger partial charge in [-0.05, 0) is 55.0 Å². The molecule has 1 aliphatic heterocycles. The second-order valence-corrected chi connectivity index (χ2v) is 10.4. The van der Waals surface area contributed by atoms with Crippen LogP contribution in [0.4, 0.5) is 8.78 Å². The molecule has 2 aromatic heterocycles. The van der Waals surface area contributed by atoms with Crippen LogP contribution in [0.15, 0.2) is 51.9 Å². The molecule has 2 aromatic carbocycles. The molecule has 9 heteroatoms. The number of alkyl halides is 2. The van der Waals surface area contributed by atoms with Crippen LogP contribution in [0.1, 0.15) is 48.4 Å². The van der Waals surface area contributed by atoms with Gasteiger partial charge in [0.1, 0.15) is 5.75 Å². The summed E-state index contributed by atoms with van der Waals surface area (Å²) in [5.74, 6) is -1.98. The largest absolute Gasteiger partial charge is 0.496 e. The van der Waals surface area contributed by atoms with Gasteiger partial charge in [-0.25, -0.2) is 13.6 Å². The number of H-pyrrole nitrogens is 2. The van der Waals surface area contributed by atoms with E-state index < -0.39 is 11.7 Å². The summed E-state index contributed by atoms with van der Waals surface area (Å²) in [5, 5.41) is 4.87. The predicted molar refractivity (Wildman–Crippen MR) is 131 cm³/mol. The van der Waals surface area contributed by atoms with E-state index in [0.29, 0.717) is 18.8 Å². The number of rotatable bonds is 5. The number of likely N-dealkylation sites (tertiary alicyclic amines) is 1. The zero-order valence-electron chi connectivity index (χ0n) is 20.2. The van der Waals surface area contributed by atoms with Crippen molar-refractivity contribution in [3.05, 3.63) is 69.8 Å². The molecule has 188 valence electrons. The lowest BCUT2D eigenvalue weighted by atomic mass is 9.59. The monoisotopic (exact) mass is 494 g/mol. The van der Waals surface area contributed by atoms with Crippen molar-refractivity contribution in [2.75, 3.05) is 13.7 Å². The van der Waals surface area contributed by atoms with Crippen molar-refractivity contribution in [2.24, 2.45) is 5.41 Å². The summed E-state index contributed by atoms with van der Waals surface area (Å²) in [4.78, 5) is 19.6. The van der Waals surface area contributed by atoms with Crippen molar-refractivity contribution in [3.8, 4) is 17.1 Å². The average molecular weight is 495 g/mol. The molecule has 4 aromatic rings. The minimum Gasteiger partial charge on any atom is -0.496 e. The minimum absolute atomic E-state index is 0.0275. The van der Waals surface area contributed by atoms with Gasteiger partial charge >= 0.3 is 5.76 Å². The van der Waals surface area contributed by atoms with Gasteiger partial charge in [0.2, 0.25) is 5.92 Å². The van der Waals surface area contributed by atoms with Crippen LogP contribution in [0.2, 0.25) is 0 Å². The Morgan fingerprint density at radius 1 is 1.22 bits per heavy atom. The van der Waals surface area contributed by atoms with Gasteiger partial charge in [0.05, 0.1) is 7.11 Å². The maximum atomic E-state index is 14.0. The molecule has 36 heavy (non-hydrogen) atoms. The van der Waals surface area contributed by atoms with Crippen LogP contribution >= 0.6 is 0 Å². The zero-order chi connectivity index (χ0) is 25.1. The Morgan fingerprint density at radius 3 is 2.67 bits per heavy atom. The van der Waals surface area contributed by atoms with E-state index >= 15 is 0 Å². The normalized spacial score (nSPS) is 21.1. The summed E-state index contributed by atoms with van der Waals surface area (Å²) < 4.78 is 38.4. The topological polar surface area (TPSA) is 87.2 Å².